The summed E-state index contributed by atoms with van der Waals surface area (Å²) >= 11 is 0. The second-order valence-electron chi connectivity index (χ2n) is 5.34. The molecule has 1 saturated carbocycles. The molecule has 0 aromatic heterocycles. The SMILES string of the molecule is COCCOc1ccccc1CNC1CCC(O)CC1. The van der Waals surface area contributed by atoms with Crippen LogP contribution in [0.15, 0.2) is 24.3 Å². The maximum Gasteiger partial charge on any atom is 0.123 e. The van der Waals surface area contributed by atoms with Crippen molar-refractivity contribution in [2.45, 2.75) is 44.4 Å². The van der Waals surface area contributed by atoms with Gasteiger partial charge in [-0.05, 0) is 31.7 Å². The van der Waals surface area contributed by atoms with E-state index in [1.807, 2.05) is 18.2 Å². The molecule has 4 heteroatoms. The van der Waals surface area contributed by atoms with Crippen molar-refractivity contribution in [1.82, 2.24) is 5.32 Å². The van der Waals surface area contributed by atoms with Crippen LogP contribution in [0.3, 0.4) is 0 Å². The summed E-state index contributed by atoms with van der Waals surface area (Å²) in [5.41, 5.74) is 1.18. The fourth-order valence-corrected chi connectivity index (χ4v) is 2.56. The zero-order valence-corrected chi connectivity index (χ0v) is 12.2. The second kappa shape index (κ2) is 8.25. The minimum absolute atomic E-state index is 0.0993. The van der Waals surface area contributed by atoms with E-state index in [2.05, 4.69) is 11.4 Å². The summed E-state index contributed by atoms with van der Waals surface area (Å²) in [6, 6.07) is 8.61. The largest absolute Gasteiger partial charge is 0.491 e. The predicted molar refractivity (Wildman–Crippen MR) is 78.9 cm³/mol. The molecule has 0 spiro atoms. The van der Waals surface area contributed by atoms with Crippen LogP contribution in [0.25, 0.3) is 0 Å². The topological polar surface area (TPSA) is 50.7 Å². The first kappa shape index (κ1) is 15.3. The van der Waals surface area contributed by atoms with Gasteiger partial charge in [0.25, 0.3) is 0 Å². The zero-order valence-electron chi connectivity index (χ0n) is 12.2. The first-order valence-corrected chi connectivity index (χ1v) is 7.40. The standard InChI is InChI=1S/C16H25NO3/c1-19-10-11-20-16-5-3-2-4-13(16)12-17-14-6-8-15(18)9-7-14/h2-5,14-15,17-18H,6-12H2,1H3. The zero-order chi connectivity index (χ0) is 14.2. The molecule has 0 atom stereocenters. The first-order valence-electron chi connectivity index (χ1n) is 7.40. The lowest BCUT2D eigenvalue weighted by Gasteiger charge is -2.26. The number of aliphatic hydroxyl groups excluding tert-OH is 1. The van der Waals surface area contributed by atoms with Gasteiger partial charge < -0.3 is 19.9 Å². The maximum atomic E-state index is 9.52. The average molecular weight is 279 g/mol. The van der Waals surface area contributed by atoms with Gasteiger partial charge in [0.2, 0.25) is 0 Å². The molecule has 20 heavy (non-hydrogen) atoms. The van der Waals surface area contributed by atoms with Gasteiger partial charge in [-0.2, -0.15) is 0 Å². The minimum Gasteiger partial charge on any atom is -0.491 e. The van der Waals surface area contributed by atoms with Crippen molar-refractivity contribution in [1.29, 1.82) is 0 Å². The van der Waals surface area contributed by atoms with Crippen molar-refractivity contribution in [2.75, 3.05) is 20.3 Å². The Morgan fingerprint density at radius 2 is 1.90 bits per heavy atom. The summed E-state index contributed by atoms with van der Waals surface area (Å²) in [5.74, 6) is 0.924. The highest BCUT2D eigenvalue weighted by molar-refractivity contribution is 5.33. The lowest BCUT2D eigenvalue weighted by Crippen LogP contribution is -2.34. The molecule has 0 heterocycles. The number of rotatable bonds is 7. The van der Waals surface area contributed by atoms with Gasteiger partial charge >= 0.3 is 0 Å². The fourth-order valence-electron chi connectivity index (χ4n) is 2.56. The molecular formula is C16H25NO3. The third-order valence-corrected chi connectivity index (χ3v) is 3.80. The summed E-state index contributed by atoms with van der Waals surface area (Å²) in [7, 11) is 1.67. The third-order valence-electron chi connectivity index (χ3n) is 3.80. The van der Waals surface area contributed by atoms with E-state index in [9.17, 15) is 5.11 Å². The highest BCUT2D eigenvalue weighted by Gasteiger charge is 2.18. The fraction of sp³-hybridized carbons (Fsp3) is 0.625. The van der Waals surface area contributed by atoms with Crippen LogP contribution in [-0.2, 0) is 11.3 Å². The number of para-hydroxylation sites is 1. The Bertz CT molecular complexity index is 389. The number of benzene rings is 1. The summed E-state index contributed by atoms with van der Waals surface area (Å²) < 4.78 is 10.7. The van der Waals surface area contributed by atoms with Gasteiger partial charge in [-0.25, -0.2) is 0 Å². The number of ether oxygens (including phenoxy) is 2. The Morgan fingerprint density at radius 3 is 2.65 bits per heavy atom. The van der Waals surface area contributed by atoms with Gasteiger partial charge in [-0.15, -0.1) is 0 Å². The van der Waals surface area contributed by atoms with Gasteiger partial charge in [-0.3, -0.25) is 0 Å². The number of hydrogen-bond donors (Lipinski definition) is 2. The van der Waals surface area contributed by atoms with Crippen molar-refractivity contribution < 1.29 is 14.6 Å². The van der Waals surface area contributed by atoms with E-state index in [-0.39, 0.29) is 6.10 Å². The van der Waals surface area contributed by atoms with Crippen LogP contribution in [0.2, 0.25) is 0 Å². The number of aliphatic hydroxyl groups is 1. The maximum absolute atomic E-state index is 9.52. The summed E-state index contributed by atoms with van der Waals surface area (Å²) in [4.78, 5) is 0. The van der Waals surface area contributed by atoms with Gasteiger partial charge in [0.05, 0.1) is 12.7 Å². The van der Waals surface area contributed by atoms with Gasteiger partial charge in [0, 0.05) is 25.3 Å². The van der Waals surface area contributed by atoms with Crippen LogP contribution in [0, 0.1) is 0 Å². The first-order chi connectivity index (χ1) is 9.79. The number of methoxy groups -OCH3 is 1. The average Bonchev–Trinajstić information content (AvgIpc) is 2.48. The van der Waals surface area contributed by atoms with Gasteiger partial charge in [0.15, 0.2) is 0 Å². The summed E-state index contributed by atoms with van der Waals surface area (Å²) in [5, 5.41) is 13.1. The molecule has 2 rings (SSSR count). The molecule has 0 unspecified atom stereocenters. The second-order valence-corrected chi connectivity index (χ2v) is 5.34. The van der Waals surface area contributed by atoms with E-state index >= 15 is 0 Å². The molecule has 1 aromatic carbocycles. The quantitative estimate of drug-likeness (QED) is 0.751. The van der Waals surface area contributed by atoms with Gasteiger partial charge in [-0.1, -0.05) is 18.2 Å². The Hall–Kier alpha value is -1.10. The van der Waals surface area contributed by atoms with Crippen molar-refractivity contribution in [2.24, 2.45) is 0 Å². The van der Waals surface area contributed by atoms with Crippen LogP contribution < -0.4 is 10.1 Å². The molecule has 112 valence electrons. The molecule has 0 saturated heterocycles. The van der Waals surface area contributed by atoms with Crippen LogP contribution in [0.5, 0.6) is 5.75 Å². The van der Waals surface area contributed by atoms with E-state index in [1.165, 1.54) is 5.56 Å². The predicted octanol–water partition coefficient (Wildman–Crippen LogP) is 2.10. The van der Waals surface area contributed by atoms with E-state index in [0.29, 0.717) is 19.3 Å². The molecule has 1 fully saturated rings. The normalized spacial score (nSPS) is 22.7. The van der Waals surface area contributed by atoms with Crippen LogP contribution >= 0.6 is 0 Å². The molecule has 1 aromatic rings. The van der Waals surface area contributed by atoms with E-state index in [1.54, 1.807) is 7.11 Å². The lowest BCUT2D eigenvalue weighted by molar-refractivity contribution is 0.116. The molecule has 2 N–H and O–H groups in total. The van der Waals surface area contributed by atoms with Crippen LogP contribution in [0.1, 0.15) is 31.2 Å². The molecule has 4 nitrogen and oxygen atoms in total. The van der Waals surface area contributed by atoms with Crippen LogP contribution in [0.4, 0.5) is 0 Å². The third kappa shape index (κ3) is 4.78. The highest BCUT2D eigenvalue weighted by atomic mass is 16.5. The summed E-state index contributed by atoms with van der Waals surface area (Å²) in [6.07, 6.45) is 3.81. The molecule has 1 aliphatic rings. The van der Waals surface area contributed by atoms with Crippen molar-refractivity contribution in [3.63, 3.8) is 0 Å². The highest BCUT2D eigenvalue weighted by Crippen LogP contribution is 2.21. The monoisotopic (exact) mass is 279 g/mol. The molecule has 0 aliphatic heterocycles. The Balaban J connectivity index is 1.82. The van der Waals surface area contributed by atoms with Gasteiger partial charge in [0.1, 0.15) is 12.4 Å². The lowest BCUT2D eigenvalue weighted by atomic mass is 9.93. The molecule has 1 aliphatic carbocycles. The molecule has 0 bridgehead atoms. The van der Waals surface area contributed by atoms with E-state index in [4.69, 9.17) is 9.47 Å². The van der Waals surface area contributed by atoms with Crippen molar-refractivity contribution in [3.8, 4) is 5.75 Å². The smallest absolute Gasteiger partial charge is 0.123 e. The molecular weight excluding hydrogens is 254 g/mol. The summed E-state index contributed by atoms with van der Waals surface area (Å²) in [6.45, 7) is 1.98. The Labute approximate surface area is 121 Å². The van der Waals surface area contributed by atoms with Crippen molar-refractivity contribution in [3.05, 3.63) is 29.8 Å². The minimum atomic E-state index is -0.0993. The Morgan fingerprint density at radius 1 is 1.15 bits per heavy atom. The molecule has 0 amide bonds. The Kier molecular flexibility index (Phi) is 6.30. The van der Waals surface area contributed by atoms with E-state index < -0.39 is 0 Å². The molecule has 0 radical (unpaired) electrons. The number of nitrogens with one attached hydrogen (secondary N) is 1. The van der Waals surface area contributed by atoms with Crippen molar-refractivity contribution >= 4 is 0 Å². The van der Waals surface area contributed by atoms with E-state index in [0.717, 1.165) is 38.0 Å². The number of hydrogen-bond acceptors (Lipinski definition) is 4. The van der Waals surface area contributed by atoms with Crippen LogP contribution in [-0.4, -0.2) is 37.6 Å².